The van der Waals surface area contributed by atoms with Gasteiger partial charge < -0.3 is 18.9 Å². The molecule has 0 atom stereocenters. The van der Waals surface area contributed by atoms with Gasteiger partial charge in [0.1, 0.15) is 31.3 Å². The Morgan fingerprint density at radius 3 is 2.08 bits per heavy atom. The molecule has 0 saturated carbocycles. The van der Waals surface area contributed by atoms with Gasteiger partial charge >= 0.3 is 0 Å². The van der Waals surface area contributed by atoms with E-state index in [0.717, 1.165) is 17.5 Å². The third-order valence-electron chi connectivity index (χ3n) is 6.05. The van der Waals surface area contributed by atoms with E-state index >= 15 is 0 Å². The molecule has 0 aromatic heterocycles. The normalized spacial score (nSPS) is 14.6. The minimum Gasteiger partial charge on any atom is -0.493 e. The third kappa shape index (κ3) is 7.35. The number of ether oxygens (including phenoxy) is 4. The van der Waals surface area contributed by atoms with E-state index in [1.165, 1.54) is 10.5 Å². The van der Waals surface area contributed by atoms with Crippen molar-refractivity contribution in [1.29, 1.82) is 0 Å². The summed E-state index contributed by atoms with van der Waals surface area (Å²) in [6.45, 7) is 7.50. The van der Waals surface area contributed by atoms with Gasteiger partial charge in [-0.2, -0.15) is 0 Å². The zero-order valence-electron chi connectivity index (χ0n) is 22.6. The number of hydrogen-bond donors (Lipinski definition) is 0. The van der Waals surface area contributed by atoms with Crippen molar-refractivity contribution in [2.24, 2.45) is 0 Å². The number of hydrogen-bond acceptors (Lipinski definition) is 7. The summed E-state index contributed by atoms with van der Waals surface area (Å²) in [6, 6.07) is 22.7. The SMILES string of the molecule is COc1ccccc1OCCN1C(=O)S/C(=C\c2ccccc2OCCOc2ccc(C(C)(C)C)cc2)C1=O. The van der Waals surface area contributed by atoms with Crippen LogP contribution in [0.4, 0.5) is 4.79 Å². The lowest BCUT2D eigenvalue weighted by atomic mass is 9.87. The summed E-state index contributed by atoms with van der Waals surface area (Å²) < 4.78 is 22.8. The zero-order chi connectivity index (χ0) is 27.8. The molecule has 3 aromatic rings. The third-order valence-corrected chi connectivity index (χ3v) is 6.96. The van der Waals surface area contributed by atoms with Crippen LogP contribution in [0.2, 0.25) is 0 Å². The van der Waals surface area contributed by atoms with Crippen LogP contribution >= 0.6 is 11.8 Å². The van der Waals surface area contributed by atoms with Crippen LogP contribution in [0.5, 0.6) is 23.0 Å². The number of amides is 2. The fraction of sp³-hybridized carbons (Fsp3) is 0.290. The molecule has 3 aromatic carbocycles. The summed E-state index contributed by atoms with van der Waals surface area (Å²) in [5.41, 5.74) is 2.04. The average molecular weight is 548 g/mol. The maximum atomic E-state index is 13.0. The number of rotatable bonds is 11. The predicted molar refractivity (Wildman–Crippen MR) is 154 cm³/mol. The van der Waals surface area contributed by atoms with Crippen LogP contribution < -0.4 is 18.9 Å². The Labute approximate surface area is 233 Å². The highest BCUT2D eigenvalue weighted by Crippen LogP contribution is 2.34. The summed E-state index contributed by atoms with van der Waals surface area (Å²) in [4.78, 5) is 27.1. The standard InChI is InChI=1S/C31H33NO6S/c1-31(2,3)23-13-15-24(16-14-23)36-19-20-38-25-10-6-5-9-22(25)21-28-29(33)32(30(34)39-28)17-18-37-27-12-8-7-11-26(27)35-4/h5-16,21H,17-20H2,1-4H3/b28-21-. The first-order valence-corrected chi connectivity index (χ1v) is 13.5. The molecule has 4 rings (SSSR count). The van der Waals surface area contributed by atoms with Crippen molar-refractivity contribution >= 4 is 29.0 Å². The van der Waals surface area contributed by atoms with Crippen molar-refractivity contribution in [2.45, 2.75) is 26.2 Å². The van der Waals surface area contributed by atoms with E-state index in [0.29, 0.717) is 40.9 Å². The van der Waals surface area contributed by atoms with Gasteiger partial charge in [0.25, 0.3) is 11.1 Å². The lowest BCUT2D eigenvalue weighted by Gasteiger charge is -2.19. The van der Waals surface area contributed by atoms with Crippen LogP contribution in [0.15, 0.2) is 77.7 Å². The van der Waals surface area contributed by atoms with Crippen LogP contribution in [-0.4, -0.2) is 49.5 Å². The van der Waals surface area contributed by atoms with Gasteiger partial charge in [-0.25, -0.2) is 0 Å². The highest BCUT2D eigenvalue weighted by atomic mass is 32.2. The summed E-state index contributed by atoms with van der Waals surface area (Å²) in [7, 11) is 1.56. The smallest absolute Gasteiger partial charge is 0.293 e. The van der Waals surface area contributed by atoms with Gasteiger partial charge in [0, 0.05) is 5.56 Å². The number of carbonyl (C=O) groups is 2. The van der Waals surface area contributed by atoms with E-state index in [1.54, 1.807) is 25.3 Å². The van der Waals surface area contributed by atoms with Crippen molar-refractivity contribution in [3.8, 4) is 23.0 Å². The van der Waals surface area contributed by atoms with E-state index in [9.17, 15) is 9.59 Å². The van der Waals surface area contributed by atoms with Gasteiger partial charge in [-0.1, -0.05) is 63.2 Å². The molecular formula is C31H33NO6S. The molecule has 0 N–H and O–H groups in total. The molecule has 7 nitrogen and oxygen atoms in total. The first-order chi connectivity index (χ1) is 18.8. The van der Waals surface area contributed by atoms with Crippen LogP contribution in [0.3, 0.4) is 0 Å². The zero-order valence-corrected chi connectivity index (χ0v) is 23.5. The second kappa shape index (κ2) is 12.8. The molecule has 1 fully saturated rings. The number of benzene rings is 3. The minimum absolute atomic E-state index is 0.0879. The minimum atomic E-state index is -0.356. The monoisotopic (exact) mass is 547 g/mol. The molecule has 204 valence electrons. The van der Waals surface area contributed by atoms with E-state index in [1.807, 2.05) is 48.5 Å². The van der Waals surface area contributed by atoms with Crippen molar-refractivity contribution in [1.82, 2.24) is 4.90 Å². The van der Waals surface area contributed by atoms with Gasteiger partial charge in [-0.15, -0.1) is 0 Å². The molecule has 1 aliphatic heterocycles. The first-order valence-electron chi connectivity index (χ1n) is 12.7. The maximum absolute atomic E-state index is 13.0. The van der Waals surface area contributed by atoms with E-state index < -0.39 is 0 Å². The van der Waals surface area contributed by atoms with Crippen LogP contribution in [0, 0.1) is 0 Å². The quantitative estimate of drug-likeness (QED) is 0.199. The van der Waals surface area contributed by atoms with Gasteiger partial charge in [0.05, 0.1) is 18.6 Å². The molecule has 39 heavy (non-hydrogen) atoms. The Bertz CT molecular complexity index is 1330. The van der Waals surface area contributed by atoms with Gasteiger partial charge in [-0.05, 0) is 59.1 Å². The summed E-state index contributed by atoms with van der Waals surface area (Å²) in [5.74, 6) is 2.18. The number of para-hydroxylation sites is 3. The molecule has 0 bridgehead atoms. The maximum Gasteiger partial charge on any atom is 0.293 e. The second-order valence-corrected chi connectivity index (χ2v) is 10.8. The van der Waals surface area contributed by atoms with E-state index in [2.05, 4.69) is 32.9 Å². The molecule has 0 unspecified atom stereocenters. The fourth-order valence-corrected chi connectivity index (χ4v) is 4.77. The number of nitrogens with zero attached hydrogens (tertiary/aromatic N) is 1. The van der Waals surface area contributed by atoms with Gasteiger partial charge in [0.2, 0.25) is 0 Å². The molecule has 0 spiro atoms. The highest BCUT2D eigenvalue weighted by molar-refractivity contribution is 8.18. The summed E-state index contributed by atoms with van der Waals surface area (Å²) in [5, 5.41) is -0.334. The molecule has 0 radical (unpaired) electrons. The molecular weight excluding hydrogens is 514 g/mol. The molecule has 2 amide bonds. The lowest BCUT2D eigenvalue weighted by molar-refractivity contribution is -0.123. The molecule has 1 aliphatic rings. The molecule has 8 heteroatoms. The van der Waals surface area contributed by atoms with Gasteiger partial charge in [0.15, 0.2) is 11.5 Å². The second-order valence-electron chi connectivity index (χ2n) is 9.84. The number of carbonyl (C=O) groups excluding carboxylic acids is 2. The number of thioether (sulfide) groups is 1. The number of imide groups is 1. The summed E-state index contributed by atoms with van der Waals surface area (Å²) >= 11 is 0.906. The largest absolute Gasteiger partial charge is 0.493 e. The van der Waals surface area contributed by atoms with Crippen LogP contribution in [0.25, 0.3) is 6.08 Å². The molecule has 1 heterocycles. The number of methoxy groups -OCH3 is 1. The Hall–Kier alpha value is -3.91. The molecule has 1 saturated heterocycles. The summed E-state index contributed by atoms with van der Waals surface area (Å²) in [6.07, 6.45) is 1.69. The Kier molecular flexibility index (Phi) is 9.19. The lowest BCUT2D eigenvalue weighted by Crippen LogP contribution is -2.32. The van der Waals surface area contributed by atoms with Crippen molar-refractivity contribution in [3.05, 3.63) is 88.8 Å². The Balaban J connectivity index is 1.32. The van der Waals surface area contributed by atoms with Crippen molar-refractivity contribution in [2.75, 3.05) is 33.5 Å². The van der Waals surface area contributed by atoms with Crippen molar-refractivity contribution < 1.29 is 28.5 Å². The fourth-order valence-electron chi connectivity index (χ4n) is 3.91. The average Bonchev–Trinajstić information content (AvgIpc) is 3.19. The Morgan fingerprint density at radius 1 is 0.769 bits per heavy atom. The van der Waals surface area contributed by atoms with Crippen LogP contribution in [-0.2, 0) is 10.2 Å². The highest BCUT2D eigenvalue weighted by Gasteiger charge is 2.35. The topological polar surface area (TPSA) is 74.3 Å². The molecule has 0 aliphatic carbocycles. The van der Waals surface area contributed by atoms with Gasteiger partial charge in [-0.3, -0.25) is 14.5 Å². The van der Waals surface area contributed by atoms with Crippen molar-refractivity contribution in [3.63, 3.8) is 0 Å². The first kappa shape index (κ1) is 28.1. The van der Waals surface area contributed by atoms with E-state index in [-0.39, 0.29) is 29.7 Å². The van der Waals surface area contributed by atoms with Crippen LogP contribution in [0.1, 0.15) is 31.9 Å². The van der Waals surface area contributed by atoms with E-state index in [4.69, 9.17) is 18.9 Å². The Morgan fingerprint density at radius 2 is 1.38 bits per heavy atom. The predicted octanol–water partition coefficient (Wildman–Crippen LogP) is 6.57.